The average Bonchev–Trinajstić information content (AvgIpc) is 3.64. The van der Waals surface area contributed by atoms with E-state index in [-0.39, 0.29) is 28.0 Å². The SMILES string of the molecule is Cc1ccc(Nc2c3c(=O)[nH]c(=O)n(-c4cccc(C5(C(N)=O)CC5)c4)c3c(C)c(=O)n2C)c(F)c1. The number of primary amides is 1. The molecule has 1 aliphatic rings. The van der Waals surface area contributed by atoms with E-state index in [0.717, 1.165) is 0 Å². The number of benzene rings is 2. The fourth-order valence-electron chi connectivity index (χ4n) is 4.72. The smallest absolute Gasteiger partial charge is 0.333 e. The molecule has 0 saturated heterocycles. The number of nitrogens with one attached hydrogen (secondary N) is 2. The van der Waals surface area contributed by atoms with Crippen LogP contribution in [0.3, 0.4) is 0 Å². The van der Waals surface area contributed by atoms with Gasteiger partial charge in [-0.2, -0.15) is 0 Å². The van der Waals surface area contributed by atoms with Crippen LogP contribution in [0.15, 0.2) is 56.8 Å². The summed E-state index contributed by atoms with van der Waals surface area (Å²) in [5, 5.41) is 2.88. The summed E-state index contributed by atoms with van der Waals surface area (Å²) in [6, 6.07) is 11.3. The molecular formula is C26H24FN5O4. The summed E-state index contributed by atoms with van der Waals surface area (Å²) in [7, 11) is 1.46. The van der Waals surface area contributed by atoms with Crippen molar-refractivity contribution in [2.45, 2.75) is 32.1 Å². The predicted octanol–water partition coefficient (Wildman–Crippen LogP) is 2.39. The maximum Gasteiger partial charge on any atom is 0.333 e. The molecule has 2 heterocycles. The summed E-state index contributed by atoms with van der Waals surface area (Å²) in [6.45, 7) is 3.26. The number of aromatic nitrogens is 3. The second-order valence-electron chi connectivity index (χ2n) is 9.26. The lowest BCUT2D eigenvalue weighted by Crippen LogP contribution is -2.34. The molecule has 0 aliphatic heterocycles. The van der Waals surface area contributed by atoms with Crippen LogP contribution < -0.4 is 27.9 Å². The molecule has 2 aromatic carbocycles. The number of aryl methyl sites for hydroxylation is 2. The molecule has 0 unspecified atom stereocenters. The van der Waals surface area contributed by atoms with E-state index in [9.17, 15) is 23.6 Å². The van der Waals surface area contributed by atoms with Crippen LogP contribution in [-0.2, 0) is 17.3 Å². The molecule has 0 radical (unpaired) electrons. The summed E-state index contributed by atoms with van der Waals surface area (Å²) in [5.41, 5.74) is 4.91. The van der Waals surface area contributed by atoms with Crippen molar-refractivity contribution in [3.63, 3.8) is 0 Å². The Hall–Kier alpha value is -4.47. The number of carbonyl (C=O) groups is 1. The van der Waals surface area contributed by atoms with Crippen molar-refractivity contribution >= 4 is 28.3 Å². The normalized spacial score (nSPS) is 14.1. The van der Waals surface area contributed by atoms with E-state index in [2.05, 4.69) is 10.3 Å². The molecule has 2 aromatic heterocycles. The third-order valence-corrected chi connectivity index (χ3v) is 6.92. The van der Waals surface area contributed by atoms with Gasteiger partial charge in [-0.15, -0.1) is 0 Å². The summed E-state index contributed by atoms with van der Waals surface area (Å²) in [5.74, 6) is -0.977. The standard InChI is InChI=1S/C26H24FN5O4/c1-13-7-8-18(17(27)11-13)29-21-19-20(14(2)23(34)31(21)3)32(25(36)30-22(19)33)16-6-4-5-15(12-16)26(9-10-26)24(28)35/h4-8,11-12,29H,9-10H2,1-3H3,(H2,28,35)(H,30,33,36). The van der Waals surface area contributed by atoms with Crippen LogP contribution >= 0.6 is 0 Å². The Balaban J connectivity index is 1.82. The van der Waals surface area contributed by atoms with Crippen LogP contribution in [0, 0.1) is 19.7 Å². The van der Waals surface area contributed by atoms with Gasteiger partial charge in [-0.25, -0.2) is 9.18 Å². The van der Waals surface area contributed by atoms with Gasteiger partial charge in [-0.1, -0.05) is 18.2 Å². The number of H-pyrrole nitrogens is 1. The predicted molar refractivity (Wildman–Crippen MR) is 135 cm³/mol. The topological polar surface area (TPSA) is 132 Å². The molecule has 9 nitrogen and oxygen atoms in total. The van der Waals surface area contributed by atoms with Crippen LogP contribution in [-0.4, -0.2) is 20.0 Å². The Morgan fingerprint density at radius 3 is 2.47 bits per heavy atom. The van der Waals surface area contributed by atoms with E-state index in [0.29, 0.717) is 29.7 Å². The lowest BCUT2D eigenvalue weighted by Gasteiger charge is -2.19. The van der Waals surface area contributed by atoms with Gasteiger partial charge in [0.05, 0.1) is 22.3 Å². The third kappa shape index (κ3) is 3.44. The summed E-state index contributed by atoms with van der Waals surface area (Å²) in [4.78, 5) is 53.8. The molecule has 1 aliphatic carbocycles. The second-order valence-corrected chi connectivity index (χ2v) is 9.26. The number of hydrogen-bond donors (Lipinski definition) is 3. The molecule has 1 fully saturated rings. The zero-order valence-electron chi connectivity index (χ0n) is 19.9. The van der Waals surface area contributed by atoms with Crippen molar-refractivity contribution in [1.82, 2.24) is 14.1 Å². The monoisotopic (exact) mass is 489 g/mol. The molecule has 184 valence electrons. The number of amides is 1. The minimum atomic E-state index is -0.793. The Morgan fingerprint density at radius 2 is 1.83 bits per heavy atom. The first-order valence-corrected chi connectivity index (χ1v) is 11.4. The first-order chi connectivity index (χ1) is 17.0. The number of fused-ring (bicyclic) bond motifs is 1. The highest BCUT2D eigenvalue weighted by Gasteiger charge is 2.50. The van der Waals surface area contributed by atoms with Crippen molar-refractivity contribution < 1.29 is 9.18 Å². The first kappa shape index (κ1) is 23.3. The molecule has 4 N–H and O–H groups in total. The van der Waals surface area contributed by atoms with E-state index < -0.39 is 33.9 Å². The van der Waals surface area contributed by atoms with Gasteiger partial charge < -0.3 is 11.1 Å². The summed E-state index contributed by atoms with van der Waals surface area (Å²) < 4.78 is 17.1. The Kier molecular flexibility index (Phi) is 5.20. The molecule has 1 saturated carbocycles. The van der Waals surface area contributed by atoms with Crippen molar-refractivity contribution in [2.24, 2.45) is 12.8 Å². The second kappa shape index (κ2) is 8.04. The van der Waals surface area contributed by atoms with Crippen molar-refractivity contribution in [3.05, 3.63) is 96.2 Å². The molecule has 1 amide bonds. The molecule has 10 heteroatoms. The van der Waals surface area contributed by atoms with Crippen LogP contribution in [0.4, 0.5) is 15.9 Å². The minimum Gasteiger partial charge on any atom is -0.369 e. The lowest BCUT2D eigenvalue weighted by molar-refractivity contribution is -0.120. The van der Waals surface area contributed by atoms with Crippen LogP contribution in [0.1, 0.15) is 29.5 Å². The van der Waals surface area contributed by atoms with Crippen LogP contribution in [0.2, 0.25) is 0 Å². The van der Waals surface area contributed by atoms with Crippen LogP contribution in [0.5, 0.6) is 0 Å². The first-order valence-electron chi connectivity index (χ1n) is 11.4. The Morgan fingerprint density at radius 1 is 1.11 bits per heavy atom. The largest absolute Gasteiger partial charge is 0.369 e. The van der Waals surface area contributed by atoms with Crippen LogP contribution in [0.25, 0.3) is 16.6 Å². The number of anilines is 2. The van der Waals surface area contributed by atoms with Gasteiger partial charge in [0.15, 0.2) is 0 Å². The highest BCUT2D eigenvalue weighted by atomic mass is 19.1. The Labute approximate surface area is 204 Å². The molecule has 0 atom stereocenters. The number of pyridine rings is 1. The quantitative estimate of drug-likeness (QED) is 0.396. The fourth-order valence-corrected chi connectivity index (χ4v) is 4.72. The van der Waals surface area contributed by atoms with E-state index in [1.165, 1.54) is 35.2 Å². The zero-order chi connectivity index (χ0) is 25.9. The highest BCUT2D eigenvalue weighted by Crippen LogP contribution is 2.48. The Bertz CT molecular complexity index is 1760. The summed E-state index contributed by atoms with van der Waals surface area (Å²) >= 11 is 0. The molecular weight excluding hydrogens is 465 g/mol. The maximum absolute atomic E-state index is 14.7. The number of aromatic amines is 1. The average molecular weight is 490 g/mol. The fraction of sp³-hybridized carbons (Fsp3) is 0.231. The summed E-state index contributed by atoms with van der Waals surface area (Å²) in [6.07, 6.45) is 1.20. The maximum atomic E-state index is 14.7. The number of carbonyl (C=O) groups excluding carboxylic acids is 1. The van der Waals surface area contributed by atoms with E-state index in [1.54, 1.807) is 37.3 Å². The molecule has 4 aromatic rings. The van der Waals surface area contributed by atoms with Gasteiger partial charge in [0, 0.05) is 12.6 Å². The molecule has 0 spiro atoms. The van der Waals surface area contributed by atoms with Gasteiger partial charge in [0.25, 0.3) is 11.1 Å². The molecule has 36 heavy (non-hydrogen) atoms. The minimum absolute atomic E-state index is 0.00983. The van der Waals surface area contributed by atoms with Crippen molar-refractivity contribution in [2.75, 3.05) is 5.32 Å². The number of hydrogen-bond acceptors (Lipinski definition) is 5. The number of nitrogens with two attached hydrogens (primary N) is 1. The number of rotatable bonds is 5. The van der Waals surface area contributed by atoms with Crippen molar-refractivity contribution in [3.8, 4) is 5.69 Å². The zero-order valence-corrected chi connectivity index (χ0v) is 19.9. The van der Waals surface area contributed by atoms with Gasteiger partial charge in [-0.3, -0.25) is 28.5 Å². The van der Waals surface area contributed by atoms with E-state index in [4.69, 9.17) is 5.73 Å². The van der Waals surface area contributed by atoms with Gasteiger partial charge in [0.2, 0.25) is 5.91 Å². The highest BCUT2D eigenvalue weighted by molar-refractivity contribution is 5.94. The van der Waals surface area contributed by atoms with Crippen molar-refractivity contribution in [1.29, 1.82) is 0 Å². The molecule has 5 rings (SSSR count). The number of halogens is 1. The van der Waals surface area contributed by atoms with E-state index >= 15 is 0 Å². The lowest BCUT2D eigenvalue weighted by atomic mass is 9.95. The van der Waals surface area contributed by atoms with Gasteiger partial charge >= 0.3 is 5.69 Å². The van der Waals surface area contributed by atoms with E-state index in [1.807, 2.05) is 0 Å². The third-order valence-electron chi connectivity index (χ3n) is 6.92. The van der Waals surface area contributed by atoms with Gasteiger partial charge in [-0.05, 0) is 62.1 Å². The molecule has 0 bridgehead atoms. The number of nitrogens with zero attached hydrogens (tertiary/aromatic N) is 2. The van der Waals surface area contributed by atoms with Gasteiger partial charge in [0.1, 0.15) is 17.0 Å².